The highest BCUT2D eigenvalue weighted by molar-refractivity contribution is 7.98. The molecule has 0 aromatic heterocycles. The SMILES string of the molecule is COc1ccc(CSc2cc(O)c3ccc(Cl)cc3c2)cc1. The fourth-order valence-corrected chi connectivity index (χ4v) is 3.38. The van der Waals surface area contributed by atoms with Gasteiger partial charge in [0.15, 0.2) is 0 Å². The van der Waals surface area contributed by atoms with Crippen LogP contribution >= 0.6 is 23.4 Å². The van der Waals surface area contributed by atoms with Crippen molar-refractivity contribution in [3.05, 3.63) is 65.2 Å². The number of aromatic hydroxyl groups is 1. The first-order chi connectivity index (χ1) is 10.7. The molecule has 0 radical (unpaired) electrons. The van der Waals surface area contributed by atoms with Crippen LogP contribution in [0.1, 0.15) is 5.56 Å². The molecular formula is C18H15ClO2S. The lowest BCUT2D eigenvalue weighted by atomic mass is 10.1. The van der Waals surface area contributed by atoms with Gasteiger partial charge in [0.05, 0.1) is 7.11 Å². The Labute approximate surface area is 138 Å². The van der Waals surface area contributed by atoms with Gasteiger partial charge in [-0.15, -0.1) is 11.8 Å². The van der Waals surface area contributed by atoms with E-state index in [4.69, 9.17) is 16.3 Å². The number of phenols is 1. The van der Waals surface area contributed by atoms with Crippen LogP contribution in [0.3, 0.4) is 0 Å². The van der Waals surface area contributed by atoms with Crippen LogP contribution in [-0.4, -0.2) is 12.2 Å². The molecule has 0 unspecified atom stereocenters. The molecule has 0 spiro atoms. The van der Waals surface area contributed by atoms with E-state index in [1.807, 2.05) is 36.4 Å². The van der Waals surface area contributed by atoms with E-state index >= 15 is 0 Å². The van der Waals surface area contributed by atoms with Gasteiger partial charge in [0.2, 0.25) is 0 Å². The summed E-state index contributed by atoms with van der Waals surface area (Å²) in [5, 5.41) is 12.6. The van der Waals surface area contributed by atoms with Crippen molar-refractivity contribution in [2.45, 2.75) is 10.6 Å². The third kappa shape index (κ3) is 3.32. The minimum absolute atomic E-state index is 0.284. The van der Waals surface area contributed by atoms with E-state index in [9.17, 15) is 5.11 Å². The van der Waals surface area contributed by atoms with Gasteiger partial charge in [-0.05, 0) is 53.4 Å². The third-order valence-corrected chi connectivity index (χ3v) is 4.71. The first-order valence-electron chi connectivity index (χ1n) is 6.84. The van der Waals surface area contributed by atoms with E-state index in [1.54, 1.807) is 31.0 Å². The van der Waals surface area contributed by atoms with Gasteiger partial charge in [0.1, 0.15) is 11.5 Å². The number of fused-ring (bicyclic) bond motifs is 1. The van der Waals surface area contributed by atoms with E-state index < -0.39 is 0 Å². The van der Waals surface area contributed by atoms with Crippen LogP contribution in [-0.2, 0) is 5.75 Å². The summed E-state index contributed by atoms with van der Waals surface area (Å²) in [6.45, 7) is 0. The number of rotatable bonds is 4. The molecular weight excluding hydrogens is 316 g/mol. The molecule has 3 rings (SSSR count). The van der Waals surface area contributed by atoms with Gasteiger partial charge in [0, 0.05) is 21.1 Å². The Morgan fingerprint density at radius 2 is 1.82 bits per heavy atom. The molecule has 0 amide bonds. The third-order valence-electron chi connectivity index (χ3n) is 3.43. The summed E-state index contributed by atoms with van der Waals surface area (Å²) in [5.41, 5.74) is 1.21. The lowest BCUT2D eigenvalue weighted by Gasteiger charge is -2.07. The van der Waals surface area contributed by atoms with Crippen molar-refractivity contribution in [3.8, 4) is 11.5 Å². The monoisotopic (exact) mass is 330 g/mol. The van der Waals surface area contributed by atoms with E-state index in [1.165, 1.54) is 5.56 Å². The van der Waals surface area contributed by atoms with Crippen LogP contribution in [0.5, 0.6) is 11.5 Å². The molecule has 112 valence electrons. The van der Waals surface area contributed by atoms with E-state index in [2.05, 4.69) is 6.07 Å². The normalized spacial score (nSPS) is 10.8. The number of ether oxygens (including phenoxy) is 1. The van der Waals surface area contributed by atoms with Gasteiger partial charge in [-0.3, -0.25) is 0 Å². The summed E-state index contributed by atoms with van der Waals surface area (Å²) < 4.78 is 5.15. The van der Waals surface area contributed by atoms with Crippen molar-refractivity contribution in [1.82, 2.24) is 0 Å². The second kappa shape index (κ2) is 6.51. The molecule has 22 heavy (non-hydrogen) atoms. The molecule has 0 saturated carbocycles. The average molecular weight is 331 g/mol. The molecule has 0 atom stereocenters. The van der Waals surface area contributed by atoms with E-state index in [-0.39, 0.29) is 5.75 Å². The van der Waals surface area contributed by atoms with Gasteiger partial charge in [0.25, 0.3) is 0 Å². The molecule has 0 aliphatic rings. The Hall–Kier alpha value is -1.84. The Kier molecular flexibility index (Phi) is 4.46. The highest BCUT2D eigenvalue weighted by Crippen LogP contribution is 2.34. The lowest BCUT2D eigenvalue weighted by molar-refractivity contribution is 0.414. The van der Waals surface area contributed by atoms with Gasteiger partial charge in [-0.1, -0.05) is 23.7 Å². The first kappa shape index (κ1) is 15.1. The maximum absolute atomic E-state index is 10.1. The standard InChI is InChI=1S/C18H15ClO2S/c1-21-15-5-2-12(3-6-15)11-22-16-9-13-8-14(19)4-7-17(13)18(20)10-16/h2-10,20H,11H2,1H3. The van der Waals surface area contributed by atoms with Crippen molar-refractivity contribution in [2.75, 3.05) is 7.11 Å². The summed E-state index contributed by atoms with van der Waals surface area (Å²) in [4.78, 5) is 1.02. The minimum Gasteiger partial charge on any atom is -0.507 e. The molecule has 0 heterocycles. The van der Waals surface area contributed by atoms with Crippen LogP contribution in [0.4, 0.5) is 0 Å². The summed E-state index contributed by atoms with van der Waals surface area (Å²) in [5.74, 6) is 1.97. The number of halogens is 1. The second-order valence-electron chi connectivity index (χ2n) is 4.94. The van der Waals surface area contributed by atoms with Crippen LogP contribution in [0.15, 0.2) is 59.5 Å². The Morgan fingerprint density at radius 1 is 1.05 bits per heavy atom. The lowest BCUT2D eigenvalue weighted by Crippen LogP contribution is -1.85. The van der Waals surface area contributed by atoms with Crippen LogP contribution in [0.25, 0.3) is 10.8 Å². The predicted octanol–water partition coefficient (Wildman–Crippen LogP) is 5.50. The van der Waals surface area contributed by atoms with E-state index in [0.717, 1.165) is 27.2 Å². The number of hydrogen-bond acceptors (Lipinski definition) is 3. The summed E-state index contributed by atoms with van der Waals surface area (Å²) in [7, 11) is 1.66. The molecule has 3 aromatic carbocycles. The topological polar surface area (TPSA) is 29.5 Å². The molecule has 0 aliphatic heterocycles. The molecule has 3 aromatic rings. The molecule has 0 bridgehead atoms. The maximum Gasteiger partial charge on any atom is 0.124 e. The van der Waals surface area contributed by atoms with E-state index in [0.29, 0.717) is 5.02 Å². The smallest absolute Gasteiger partial charge is 0.124 e. The zero-order valence-electron chi connectivity index (χ0n) is 12.0. The van der Waals surface area contributed by atoms with Crippen molar-refractivity contribution in [2.24, 2.45) is 0 Å². The molecule has 0 aliphatic carbocycles. The Bertz CT molecular complexity index is 800. The number of hydrogen-bond donors (Lipinski definition) is 1. The minimum atomic E-state index is 0.284. The van der Waals surface area contributed by atoms with Crippen LogP contribution < -0.4 is 4.74 Å². The first-order valence-corrected chi connectivity index (χ1v) is 8.20. The Balaban J connectivity index is 1.81. The molecule has 1 N–H and O–H groups in total. The molecule has 4 heteroatoms. The highest BCUT2D eigenvalue weighted by atomic mass is 35.5. The average Bonchev–Trinajstić information content (AvgIpc) is 2.53. The molecule has 2 nitrogen and oxygen atoms in total. The van der Waals surface area contributed by atoms with Gasteiger partial charge in [-0.25, -0.2) is 0 Å². The fourth-order valence-electron chi connectivity index (χ4n) is 2.27. The fraction of sp³-hybridized carbons (Fsp3) is 0.111. The zero-order chi connectivity index (χ0) is 15.5. The zero-order valence-corrected chi connectivity index (χ0v) is 13.6. The summed E-state index contributed by atoms with van der Waals surface area (Å²) in [6, 6.07) is 17.3. The van der Waals surface area contributed by atoms with Gasteiger partial charge in [-0.2, -0.15) is 0 Å². The second-order valence-corrected chi connectivity index (χ2v) is 6.43. The van der Waals surface area contributed by atoms with Crippen molar-refractivity contribution >= 4 is 34.1 Å². The number of thioether (sulfide) groups is 1. The quantitative estimate of drug-likeness (QED) is 0.640. The number of methoxy groups -OCH3 is 1. The Morgan fingerprint density at radius 3 is 2.55 bits per heavy atom. The van der Waals surface area contributed by atoms with Crippen LogP contribution in [0, 0.1) is 0 Å². The van der Waals surface area contributed by atoms with Gasteiger partial charge >= 0.3 is 0 Å². The number of benzene rings is 3. The summed E-state index contributed by atoms with van der Waals surface area (Å²) in [6.07, 6.45) is 0. The molecule has 0 saturated heterocycles. The van der Waals surface area contributed by atoms with Crippen LogP contribution in [0.2, 0.25) is 5.02 Å². The highest BCUT2D eigenvalue weighted by Gasteiger charge is 2.05. The van der Waals surface area contributed by atoms with Crippen molar-refractivity contribution in [1.29, 1.82) is 0 Å². The summed E-state index contributed by atoms with van der Waals surface area (Å²) >= 11 is 7.70. The molecule has 0 fully saturated rings. The van der Waals surface area contributed by atoms with Crippen molar-refractivity contribution < 1.29 is 9.84 Å². The largest absolute Gasteiger partial charge is 0.507 e. The predicted molar refractivity (Wildman–Crippen MR) is 93.2 cm³/mol. The van der Waals surface area contributed by atoms with Crippen molar-refractivity contribution in [3.63, 3.8) is 0 Å². The van der Waals surface area contributed by atoms with Gasteiger partial charge < -0.3 is 9.84 Å². The number of phenolic OH excluding ortho intramolecular Hbond substituents is 1. The maximum atomic E-state index is 10.1.